The average molecular weight is 365 g/mol. The molecule has 0 saturated carbocycles. The topological polar surface area (TPSA) is 71.0 Å². The van der Waals surface area contributed by atoms with Gasteiger partial charge in [-0.2, -0.15) is 13.2 Å². The van der Waals surface area contributed by atoms with Crippen LogP contribution in [0.4, 0.5) is 19.1 Å². The molecule has 1 saturated heterocycles. The molecule has 1 N–H and O–H groups in total. The third-order valence-electron chi connectivity index (χ3n) is 4.31. The highest BCUT2D eigenvalue weighted by Crippen LogP contribution is 2.29. The molecule has 0 atom stereocenters. The molecule has 0 radical (unpaired) electrons. The highest BCUT2D eigenvalue weighted by atomic mass is 19.4. The van der Waals surface area contributed by atoms with Crippen LogP contribution in [-0.2, 0) is 6.18 Å². The molecular weight excluding hydrogens is 347 g/mol. The first-order valence-electron chi connectivity index (χ1n) is 8.27. The van der Waals surface area contributed by atoms with Crippen molar-refractivity contribution in [2.75, 3.05) is 24.5 Å². The van der Waals surface area contributed by atoms with Gasteiger partial charge in [-0.3, -0.25) is 9.78 Å². The number of rotatable bonds is 4. The van der Waals surface area contributed by atoms with E-state index in [1.54, 1.807) is 23.2 Å². The number of piperidine rings is 1. The summed E-state index contributed by atoms with van der Waals surface area (Å²) in [5, 5.41) is 2.87. The molecule has 1 fully saturated rings. The van der Waals surface area contributed by atoms with Crippen LogP contribution in [0, 0.1) is 5.92 Å². The summed E-state index contributed by atoms with van der Waals surface area (Å²) in [4.78, 5) is 25.2. The Morgan fingerprint density at radius 2 is 2.00 bits per heavy atom. The summed E-state index contributed by atoms with van der Waals surface area (Å²) in [5.41, 5.74) is -0.435. The van der Waals surface area contributed by atoms with Crippen molar-refractivity contribution >= 4 is 11.9 Å². The standard InChI is InChI=1S/C17H18F3N5O/c18-17(19,20)14-3-7-22-16(24-14)25-8-4-12(5-9-25)10-23-15(26)13-2-1-6-21-11-13/h1-3,6-7,11-12H,4-5,8-10H2,(H,23,26). The van der Waals surface area contributed by atoms with Crippen LogP contribution in [-0.4, -0.2) is 40.5 Å². The molecule has 138 valence electrons. The van der Waals surface area contributed by atoms with Crippen molar-refractivity contribution in [3.05, 3.63) is 48.0 Å². The lowest BCUT2D eigenvalue weighted by molar-refractivity contribution is -0.141. The van der Waals surface area contributed by atoms with Crippen molar-refractivity contribution in [2.45, 2.75) is 19.0 Å². The molecule has 3 heterocycles. The maximum Gasteiger partial charge on any atom is 0.433 e. The minimum atomic E-state index is -4.48. The van der Waals surface area contributed by atoms with Crippen molar-refractivity contribution in [2.24, 2.45) is 5.92 Å². The van der Waals surface area contributed by atoms with Crippen LogP contribution in [0.1, 0.15) is 28.9 Å². The van der Waals surface area contributed by atoms with E-state index in [1.807, 2.05) is 0 Å². The molecule has 0 bridgehead atoms. The van der Waals surface area contributed by atoms with E-state index >= 15 is 0 Å². The summed E-state index contributed by atoms with van der Waals surface area (Å²) < 4.78 is 38.3. The van der Waals surface area contributed by atoms with Crippen LogP contribution in [0.25, 0.3) is 0 Å². The summed E-state index contributed by atoms with van der Waals surface area (Å²) in [5.74, 6) is 0.178. The van der Waals surface area contributed by atoms with Gasteiger partial charge in [0.05, 0.1) is 5.56 Å². The van der Waals surface area contributed by atoms with Gasteiger partial charge in [-0.05, 0) is 37.0 Å². The zero-order chi connectivity index (χ0) is 18.6. The highest BCUT2D eigenvalue weighted by molar-refractivity contribution is 5.93. The number of hydrogen-bond donors (Lipinski definition) is 1. The minimum absolute atomic E-state index is 0.0951. The number of nitrogens with zero attached hydrogens (tertiary/aromatic N) is 4. The van der Waals surface area contributed by atoms with E-state index < -0.39 is 11.9 Å². The lowest BCUT2D eigenvalue weighted by Crippen LogP contribution is -2.39. The number of pyridine rings is 1. The predicted molar refractivity (Wildman–Crippen MR) is 88.5 cm³/mol. The van der Waals surface area contributed by atoms with E-state index in [4.69, 9.17) is 0 Å². The first kappa shape index (κ1) is 18.1. The number of carbonyl (C=O) groups excluding carboxylic acids is 1. The maximum absolute atomic E-state index is 12.8. The Balaban J connectivity index is 1.51. The predicted octanol–water partition coefficient (Wildman–Crippen LogP) is 2.54. The molecule has 1 aliphatic rings. The van der Waals surface area contributed by atoms with Crippen molar-refractivity contribution < 1.29 is 18.0 Å². The Morgan fingerprint density at radius 3 is 2.65 bits per heavy atom. The largest absolute Gasteiger partial charge is 0.433 e. The van der Waals surface area contributed by atoms with Crippen LogP contribution < -0.4 is 10.2 Å². The highest BCUT2D eigenvalue weighted by Gasteiger charge is 2.33. The van der Waals surface area contributed by atoms with Gasteiger partial charge >= 0.3 is 6.18 Å². The number of anilines is 1. The van der Waals surface area contributed by atoms with Gasteiger partial charge in [-0.1, -0.05) is 0 Å². The smallest absolute Gasteiger partial charge is 0.352 e. The van der Waals surface area contributed by atoms with Gasteiger partial charge in [0, 0.05) is 38.2 Å². The normalized spacial score (nSPS) is 15.7. The molecule has 2 aromatic rings. The molecule has 0 spiro atoms. The maximum atomic E-state index is 12.8. The Bertz CT molecular complexity index is 746. The second-order valence-corrected chi connectivity index (χ2v) is 6.12. The quantitative estimate of drug-likeness (QED) is 0.902. The van der Waals surface area contributed by atoms with Crippen molar-refractivity contribution in [3.8, 4) is 0 Å². The first-order valence-corrected chi connectivity index (χ1v) is 8.27. The second kappa shape index (κ2) is 7.67. The van der Waals surface area contributed by atoms with Crippen LogP contribution in [0.5, 0.6) is 0 Å². The molecule has 0 aromatic carbocycles. The van der Waals surface area contributed by atoms with E-state index in [1.165, 1.54) is 6.20 Å². The average Bonchev–Trinajstić information content (AvgIpc) is 2.66. The van der Waals surface area contributed by atoms with E-state index in [-0.39, 0.29) is 17.8 Å². The Labute approximate surface area is 148 Å². The molecule has 26 heavy (non-hydrogen) atoms. The van der Waals surface area contributed by atoms with Gasteiger partial charge < -0.3 is 10.2 Å². The Kier molecular flexibility index (Phi) is 5.34. The van der Waals surface area contributed by atoms with Crippen molar-refractivity contribution in [1.82, 2.24) is 20.3 Å². The number of carbonyl (C=O) groups is 1. The first-order chi connectivity index (χ1) is 12.4. The summed E-state index contributed by atoms with van der Waals surface area (Å²) >= 11 is 0. The third kappa shape index (κ3) is 4.47. The molecule has 6 nitrogen and oxygen atoms in total. The van der Waals surface area contributed by atoms with E-state index in [2.05, 4.69) is 20.3 Å². The van der Waals surface area contributed by atoms with Gasteiger partial charge in [-0.15, -0.1) is 0 Å². The Hall–Kier alpha value is -2.71. The third-order valence-corrected chi connectivity index (χ3v) is 4.31. The SMILES string of the molecule is O=C(NCC1CCN(c2nccc(C(F)(F)F)n2)CC1)c1cccnc1. The molecule has 0 unspecified atom stereocenters. The minimum Gasteiger partial charge on any atom is -0.352 e. The number of halogens is 3. The van der Waals surface area contributed by atoms with Gasteiger partial charge in [-0.25, -0.2) is 9.97 Å². The van der Waals surface area contributed by atoms with Crippen LogP contribution in [0.2, 0.25) is 0 Å². The fourth-order valence-corrected chi connectivity index (χ4v) is 2.83. The van der Waals surface area contributed by atoms with E-state index in [0.717, 1.165) is 25.1 Å². The summed E-state index contributed by atoms with van der Waals surface area (Å²) in [7, 11) is 0. The fourth-order valence-electron chi connectivity index (χ4n) is 2.83. The Morgan fingerprint density at radius 1 is 1.23 bits per heavy atom. The molecular formula is C17H18F3N5O. The van der Waals surface area contributed by atoms with E-state index in [9.17, 15) is 18.0 Å². The summed E-state index contributed by atoms with van der Waals surface area (Å²) in [6.45, 7) is 1.62. The molecule has 0 aliphatic carbocycles. The van der Waals surface area contributed by atoms with Crippen LogP contribution in [0.15, 0.2) is 36.8 Å². The lowest BCUT2D eigenvalue weighted by atomic mass is 9.97. The molecule has 9 heteroatoms. The zero-order valence-electron chi connectivity index (χ0n) is 13.9. The van der Waals surface area contributed by atoms with Crippen molar-refractivity contribution in [3.63, 3.8) is 0 Å². The number of alkyl halides is 3. The zero-order valence-corrected chi connectivity index (χ0v) is 13.9. The van der Waals surface area contributed by atoms with Gasteiger partial charge in [0.2, 0.25) is 5.95 Å². The van der Waals surface area contributed by atoms with Crippen molar-refractivity contribution in [1.29, 1.82) is 0 Å². The van der Waals surface area contributed by atoms with Crippen LogP contribution in [0.3, 0.4) is 0 Å². The number of aromatic nitrogens is 3. The fraction of sp³-hybridized carbons (Fsp3) is 0.412. The summed E-state index contributed by atoms with van der Waals surface area (Å²) in [6.07, 6.45) is 1.24. The number of amides is 1. The second-order valence-electron chi connectivity index (χ2n) is 6.12. The number of nitrogens with one attached hydrogen (secondary N) is 1. The van der Waals surface area contributed by atoms with E-state index in [0.29, 0.717) is 25.2 Å². The van der Waals surface area contributed by atoms with Crippen LogP contribution >= 0.6 is 0 Å². The monoisotopic (exact) mass is 365 g/mol. The molecule has 3 rings (SSSR count). The van der Waals surface area contributed by atoms with Gasteiger partial charge in [0.1, 0.15) is 5.69 Å². The summed E-state index contributed by atoms with van der Waals surface area (Å²) in [6, 6.07) is 4.25. The van der Waals surface area contributed by atoms with Gasteiger partial charge in [0.15, 0.2) is 0 Å². The molecule has 2 aromatic heterocycles. The number of hydrogen-bond acceptors (Lipinski definition) is 5. The van der Waals surface area contributed by atoms with Gasteiger partial charge in [0.25, 0.3) is 5.91 Å². The molecule has 1 amide bonds. The molecule has 1 aliphatic heterocycles. The lowest BCUT2D eigenvalue weighted by Gasteiger charge is -2.32.